The number of hydrogen-bond acceptors (Lipinski definition) is 2. The Morgan fingerprint density at radius 1 is 0.415 bits per heavy atom. The molecule has 11 aromatic rings. The lowest BCUT2D eigenvalue weighted by Gasteiger charge is -2.25. The molecule has 2 aromatic heterocycles. The monoisotopic (exact) mass is 694 g/mol. The molecule has 0 spiro atoms. The van der Waals surface area contributed by atoms with E-state index >= 15 is 4.57 Å². The molecule has 0 aliphatic carbocycles. The third kappa shape index (κ3) is 4.35. The van der Waals surface area contributed by atoms with Crippen molar-refractivity contribution < 1.29 is 4.57 Å². The van der Waals surface area contributed by atoms with Crippen LogP contribution in [0.3, 0.4) is 0 Å². The molecule has 0 bridgehead atoms. The summed E-state index contributed by atoms with van der Waals surface area (Å²) in [5.41, 5.74) is 6.40. The maximum absolute atomic E-state index is 16.1. The fraction of sp³-hybridized carbons (Fsp3) is 0. The Morgan fingerprint density at radius 2 is 0.943 bits per heavy atom. The molecule has 11 rings (SSSR count). The summed E-state index contributed by atoms with van der Waals surface area (Å²) in [5.74, 6) is 0. The van der Waals surface area contributed by atoms with Crippen molar-refractivity contribution in [3.8, 4) is 11.1 Å². The summed E-state index contributed by atoms with van der Waals surface area (Å²) in [6.07, 6.45) is 0. The number of hydrogen-bond donors (Lipinski definition) is 0. The van der Waals surface area contributed by atoms with Gasteiger partial charge in [0.05, 0.1) is 16.6 Å². The summed E-state index contributed by atoms with van der Waals surface area (Å²) in [6, 6.07) is 65.5. The first-order chi connectivity index (χ1) is 26.2. The van der Waals surface area contributed by atoms with E-state index in [9.17, 15) is 0 Å². The number of para-hydroxylation sites is 2. The van der Waals surface area contributed by atoms with Crippen LogP contribution in [0.15, 0.2) is 188 Å². The molecule has 0 radical (unpaired) electrons. The van der Waals surface area contributed by atoms with Crippen LogP contribution in [0, 0.1) is 0 Å². The van der Waals surface area contributed by atoms with E-state index in [-0.39, 0.29) is 0 Å². The maximum atomic E-state index is 16.1. The highest BCUT2D eigenvalue weighted by Gasteiger charge is 2.34. The molecule has 0 saturated heterocycles. The van der Waals surface area contributed by atoms with Gasteiger partial charge in [0.25, 0.3) is 0 Å². The molecule has 0 saturated carbocycles. The molecule has 0 amide bonds. The summed E-state index contributed by atoms with van der Waals surface area (Å²) in [6.45, 7) is 0. The van der Waals surface area contributed by atoms with Crippen molar-refractivity contribution in [1.29, 1.82) is 0 Å². The molecule has 53 heavy (non-hydrogen) atoms. The lowest BCUT2D eigenvalue weighted by molar-refractivity contribution is 0.593. The molecular formula is C49H31N2OP. The van der Waals surface area contributed by atoms with E-state index in [4.69, 9.17) is 4.98 Å². The molecule has 248 valence electrons. The fourth-order valence-electron chi connectivity index (χ4n) is 8.64. The zero-order valence-electron chi connectivity index (χ0n) is 28.6. The van der Waals surface area contributed by atoms with Crippen molar-refractivity contribution in [2.75, 3.05) is 0 Å². The normalized spacial score (nSPS) is 12.2. The van der Waals surface area contributed by atoms with Crippen LogP contribution in [0.2, 0.25) is 0 Å². The lowest BCUT2D eigenvalue weighted by atomic mass is 9.90. The van der Waals surface area contributed by atoms with Crippen LogP contribution in [-0.4, -0.2) is 9.38 Å². The molecule has 0 atom stereocenters. The quantitative estimate of drug-likeness (QED) is 0.104. The van der Waals surface area contributed by atoms with Crippen LogP contribution in [0.5, 0.6) is 0 Å². The molecule has 0 N–H and O–H groups in total. The second kappa shape index (κ2) is 11.5. The summed E-state index contributed by atoms with van der Waals surface area (Å²) < 4.78 is 18.4. The number of nitrogens with zero attached hydrogens (tertiary/aromatic N) is 2. The van der Waals surface area contributed by atoms with Crippen LogP contribution in [-0.2, 0) is 4.57 Å². The average molecular weight is 695 g/mol. The van der Waals surface area contributed by atoms with Crippen molar-refractivity contribution in [3.63, 3.8) is 0 Å². The molecule has 4 heteroatoms. The molecule has 0 fully saturated rings. The lowest BCUT2D eigenvalue weighted by Crippen LogP contribution is -2.26. The first kappa shape index (κ1) is 30.1. The van der Waals surface area contributed by atoms with Gasteiger partial charge in [0.1, 0.15) is 5.65 Å². The smallest absolute Gasteiger partial charge is 0.172 e. The molecule has 0 unspecified atom stereocenters. The fourth-order valence-corrected chi connectivity index (χ4v) is 11.7. The number of benzene rings is 9. The highest BCUT2D eigenvalue weighted by atomic mass is 31.2. The van der Waals surface area contributed by atoms with Gasteiger partial charge >= 0.3 is 0 Å². The summed E-state index contributed by atoms with van der Waals surface area (Å²) in [4.78, 5) is 5.18. The first-order valence-corrected chi connectivity index (χ1v) is 19.7. The van der Waals surface area contributed by atoms with Gasteiger partial charge in [0.15, 0.2) is 7.14 Å². The van der Waals surface area contributed by atoms with Gasteiger partial charge < -0.3 is 4.57 Å². The third-order valence-corrected chi connectivity index (χ3v) is 14.1. The van der Waals surface area contributed by atoms with Crippen LogP contribution >= 0.6 is 7.14 Å². The average Bonchev–Trinajstić information content (AvgIpc) is 3.62. The van der Waals surface area contributed by atoms with Crippen molar-refractivity contribution >= 4 is 93.7 Å². The molecule has 2 heterocycles. The first-order valence-electron chi connectivity index (χ1n) is 18.0. The van der Waals surface area contributed by atoms with Crippen LogP contribution < -0.4 is 15.9 Å². The minimum atomic E-state index is -3.33. The Bertz CT molecular complexity index is 3210. The van der Waals surface area contributed by atoms with Gasteiger partial charge in [-0.2, -0.15) is 0 Å². The Kier molecular flexibility index (Phi) is 6.53. The predicted molar refractivity (Wildman–Crippen MR) is 225 cm³/mol. The van der Waals surface area contributed by atoms with Gasteiger partial charge in [-0.15, -0.1) is 0 Å². The van der Waals surface area contributed by atoms with E-state index < -0.39 is 7.14 Å². The van der Waals surface area contributed by atoms with Crippen molar-refractivity contribution in [1.82, 2.24) is 9.38 Å². The SMILES string of the molecule is O=P(c1ccccc1)(c1ccccc1)c1c2ccccc2c(-c2ccc3c(c2)c2cc4ccccc4cc2c2nc4ccccc4n32)c2ccccc12. The topological polar surface area (TPSA) is 34.4 Å². The number of aromatic nitrogens is 2. The van der Waals surface area contributed by atoms with E-state index in [1.807, 2.05) is 60.7 Å². The third-order valence-electron chi connectivity index (χ3n) is 11.0. The van der Waals surface area contributed by atoms with Gasteiger partial charge in [-0.1, -0.05) is 152 Å². The highest BCUT2D eigenvalue weighted by molar-refractivity contribution is 7.86. The maximum Gasteiger partial charge on any atom is 0.172 e. The van der Waals surface area contributed by atoms with Gasteiger partial charge in [0.2, 0.25) is 0 Å². The summed E-state index contributed by atoms with van der Waals surface area (Å²) in [5, 5.41) is 12.6. The summed E-state index contributed by atoms with van der Waals surface area (Å²) >= 11 is 0. The predicted octanol–water partition coefficient (Wildman–Crippen LogP) is 11.6. The number of pyridine rings is 1. The second-order valence-corrected chi connectivity index (χ2v) is 16.5. The van der Waals surface area contributed by atoms with Crippen LogP contribution in [0.1, 0.15) is 0 Å². The van der Waals surface area contributed by atoms with Gasteiger partial charge in [-0.3, -0.25) is 4.40 Å². The number of rotatable bonds is 4. The van der Waals surface area contributed by atoms with Crippen molar-refractivity contribution in [3.05, 3.63) is 188 Å². The number of imidazole rings is 1. The second-order valence-electron chi connectivity index (χ2n) is 13.8. The van der Waals surface area contributed by atoms with Crippen molar-refractivity contribution in [2.24, 2.45) is 0 Å². The largest absolute Gasteiger partial charge is 0.309 e. The van der Waals surface area contributed by atoms with E-state index in [1.165, 1.54) is 16.2 Å². The van der Waals surface area contributed by atoms with E-state index in [0.717, 1.165) is 81.6 Å². The Balaban J connectivity index is 1.28. The molecule has 9 aromatic carbocycles. The minimum absolute atomic E-state index is 0.829. The Hall–Kier alpha value is -6.54. The van der Waals surface area contributed by atoms with E-state index in [1.54, 1.807) is 0 Å². The van der Waals surface area contributed by atoms with Crippen LogP contribution in [0.25, 0.3) is 81.8 Å². The van der Waals surface area contributed by atoms with Crippen LogP contribution in [0.4, 0.5) is 0 Å². The molecule has 0 aliphatic rings. The number of fused-ring (bicyclic) bond motifs is 11. The Morgan fingerprint density at radius 3 is 1.58 bits per heavy atom. The van der Waals surface area contributed by atoms with Gasteiger partial charge in [0, 0.05) is 26.7 Å². The summed E-state index contributed by atoms with van der Waals surface area (Å²) in [7, 11) is -3.33. The Labute approximate surface area is 305 Å². The molecule has 3 nitrogen and oxygen atoms in total. The molecular weight excluding hydrogens is 664 g/mol. The minimum Gasteiger partial charge on any atom is -0.309 e. The van der Waals surface area contributed by atoms with Gasteiger partial charge in [-0.25, -0.2) is 4.98 Å². The zero-order chi connectivity index (χ0) is 35.1. The standard InChI is InChI=1S/C49H31N2OP/c52-53(35-17-3-1-4-18-35,36-19-5-2-6-20-36)48-39-23-11-9-21-37(39)47(38-22-10-12-24-40(38)48)34-27-28-45-42(31-34)41-29-32-15-7-8-16-33(32)30-43(41)49-50-44-25-13-14-26-46(44)51(45)49/h1-31H. The van der Waals surface area contributed by atoms with E-state index in [0.29, 0.717) is 0 Å². The van der Waals surface area contributed by atoms with Gasteiger partial charge in [-0.05, 0) is 85.2 Å². The van der Waals surface area contributed by atoms with E-state index in [2.05, 4.69) is 132 Å². The van der Waals surface area contributed by atoms with Crippen molar-refractivity contribution in [2.45, 2.75) is 0 Å². The highest BCUT2D eigenvalue weighted by Crippen LogP contribution is 2.49. The molecule has 0 aliphatic heterocycles. The zero-order valence-corrected chi connectivity index (χ0v) is 29.5.